The summed E-state index contributed by atoms with van der Waals surface area (Å²) in [5, 5.41) is 7.00. The van der Waals surface area contributed by atoms with Crippen molar-refractivity contribution in [2.75, 3.05) is 18.6 Å². The van der Waals surface area contributed by atoms with E-state index in [0.29, 0.717) is 11.4 Å². The number of nitrogens with two attached hydrogens (primary N) is 2. The molecule has 0 aliphatic heterocycles. The average molecular weight is 168 g/mol. The number of nitrogen functional groups attached to an aromatic ring is 2. The topological polar surface area (TPSA) is 72.3 Å². The number of rotatable bonds is 0. The third kappa shape index (κ3) is 2.43. The molecule has 68 valence electrons. The molecule has 1 aromatic rings. The maximum Gasteiger partial charge on any atom is 0.0577 e. The lowest BCUT2D eigenvalue weighted by Gasteiger charge is -2.04. The number of benzene rings is 1. The first-order valence-corrected chi connectivity index (χ1v) is 3.68. The summed E-state index contributed by atoms with van der Waals surface area (Å²) < 4.78 is 0. The molecule has 0 unspecified atom stereocenters. The molecule has 3 nitrogen and oxygen atoms in total. The van der Waals surface area contributed by atoms with Crippen molar-refractivity contribution in [3.8, 4) is 0 Å². The quantitative estimate of drug-likeness (QED) is 0.507. The van der Waals surface area contributed by atoms with Crippen molar-refractivity contribution >= 4 is 11.4 Å². The van der Waals surface area contributed by atoms with E-state index in [1.54, 1.807) is 0 Å². The van der Waals surface area contributed by atoms with Gasteiger partial charge < -0.3 is 16.6 Å². The van der Waals surface area contributed by atoms with Gasteiger partial charge in [-0.25, -0.2) is 0 Å². The van der Waals surface area contributed by atoms with Gasteiger partial charge in [-0.15, -0.1) is 0 Å². The van der Waals surface area contributed by atoms with Crippen molar-refractivity contribution in [1.82, 2.24) is 0 Å². The SMILES string of the molecule is CO.Cc1cc(C)c(N)c(N)c1. The van der Waals surface area contributed by atoms with E-state index in [9.17, 15) is 0 Å². The van der Waals surface area contributed by atoms with E-state index in [-0.39, 0.29) is 0 Å². The standard InChI is InChI=1S/C8H12N2.CH4O/c1-5-3-6(2)8(10)7(9)4-5;1-2/h3-4H,9-10H2,1-2H3;2H,1H3. The zero-order valence-corrected chi connectivity index (χ0v) is 7.76. The van der Waals surface area contributed by atoms with Gasteiger partial charge in [0.05, 0.1) is 11.4 Å². The maximum absolute atomic E-state index is 7.00. The van der Waals surface area contributed by atoms with Crippen molar-refractivity contribution in [2.45, 2.75) is 13.8 Å². The van der Waals surface area contributed by atoms with E-state index in [0.717, 1.165) is 18.2 Å². The van der Waals surface area contributed by atoms with Crippen LogP contribution in [0.1, 0.15) is 11.1 Å². The lowest BCUT2D eigenvalue weighted by molar-refractivity contribution is 0.399. The van der Waals surface area contributed by atoms with Crippen LogP contribution in [-0.2, 0) is 0 Å². The highest BCUT2D eigenvalue weighted by Crippen LogP contribution is 2.20. The first-order chi connectivity index (χ1) is 5.61. The molecule has 12 heavy (non-hydrogen) atoms. The van der Waals surface area contributed by atoms with Crippen LogP contribution in [0.15, 0.2) is 12.1 Å². The van der Waals surface area contributed by atoms with Gasteiger partial charge in [0.15, 0.2) is 0 Å². The van der Waals surface area contributed by atoms with Gasteiger partial charge in [-0.3, -0.25) is 0 Å². The smallest absolute Gasteiger partial charge is 0.0577 e. The molecule has 0 saturated heterocycles. The van der Waals surface area contributed by atoms with Gasteiger partial charge in [0, 0.05) is 7.11 Å². The van der Waals surface area contributed by atoms with Gasteiger partial charge >= 0.3 is 0 Å². The van der Waals surface area contributed by atoms with Crippen molar-refractivity contribution in [1.29, 1.82) is 0 Å². The molecule has 0 aliphatic carbocycles. The number of aliphatic hydroxyl groups is 1. The highest BCUT2D eigenvalue weighted by atomic mass is 16.2. The van der Waals surface area contributed by atoms with Crippen LogP contribution in [0.4, 0.5) is 11.4 Å². The summed E-state index contributed by atoms with van der Waals surface area (Å²) in [5.74, 6) is 0. The third-order valence-corrected chi connectivity index (χ3v) is 1.56. The number of aryl methyl sites for hydroxylation is 2. The van der Waals surface area contributed by atoms with Crippen molar-refractivity contribution in [3.63, 3.8) is 0 Å². The molecule has 0 bridgehead atoms. The summed E-state index contributed by atoms with van der Waals surface area (Å²) in [4.78, 5) is 0. The van der Waals surface area contributed by atoms with Gasteiger partial charge in [0.25, 0.3) is 0 Å². The summed E-state index contributed by atoms with van der Waals surface area (Å²) >= 11 is 0. The van der Waals surface area contributed by atoms with Crippen LogP contribution in [0.25, 0.3) is 0 Å². The molecule has 0 aliphatic rings. The Labute approximate surface area is 73.0 Å². The number of hydrogen-bond acceptors (Lipinski definition) is 3. The number of anilines is 2. The maximum atomic E-state index is 7.00. The van der Waals surface area contributed by atoms with Crippen LogP contribution in [0.3, 0.4) is 0 Å². The van der Waals surface area contributed by atoms with E-state index in [1.165, 1.54) is 0 Å². The van der Waals surface area contributed by atoms with Crippen LogP contribution in [-0.4, -0.2) is 12.2 Å². The molecule has 0 aromatic heterocycles. The molecule has 0 fully saturated rings. The fourth-order valence-electron chi connectivity index (χ4n) is 1.01. The number of aliphatic hydroxyl groups excluding tert-OH is 1. The summed E-state index contributed by atoms with van der Waals surface area (Å²) in [7, 11) is 1.00. The molecule has 3 heteroatoms. The monoisotopic (exact) mass is 168 g/mol. The summed E-state index contributed by atoms with van der Waals surface area (Å²) in [5.41, 5.74) is 14.8. The fraction of sp³-hybridized carbons (Fsp3) is 0.333. The van der Waals surface area contributed by atoms with Crippen LogP contribution in [0, 0.1) is 13.8 Å². The molecule has 0 spiro atoms. The fourth-order valence-corrected chi connectivity index (χ4v) is 1.01. The first-order valence-electron chi connectivity index (χ1n) is 3.68. The Morgan fingerprint density at radius 1 is 1.08 bits per heavy atom. The van der Waals surface area contributed by atoms with Crippen molar-refractivity contribution < 1.29 is 5.11 Å². The Hall–Kier alpha value is -1.22. The Kier molecular flexibility index (Phi) is 4.15. The molecule has 0 amide bonds. The zero-order valence-electron chi connectivity index (χ0n) is 7.76. The molecule has 0 saturated carbocycles. The zero-order chi connectivity index (χ0) is 9.72. The summed E-state index contributed by atoms with van der Waals surface area (Å²) in [6, 6.07) is 3.90. The molecule has 5 N–H and O–H groups in total. The Morgan fingerprint density at radius 2 is 1.58 bits per heavy atom. The second-order valence-corrected chi connectivity index (χ2v) is 2.58. The summed E-state index contributed by atoms with van der Waals surface area (Å²) in [6.45, 7) is 3.96. The van der Waals surface area contributed by atoms with E-state index in [2.05, 4.69) is 0 Å². The molecule has 0 radical (unpaired) electrons. The van der Waals surface area contributed by atoms with E-state index in [1.807, 2.05) is 26.0 Å². The van der Waals surface area contributed by atoms with Gasteiger partial charge in [0.1, 0.15) is 0 Å². The molecule has 0 heterocycles. The molecular formula is C9H16N2O. The molecular weight excluding hydrogens is 152 g/mol. The van der Waals surface area contributed by atoms with Crippen LogP contribution in [0.2, 0.25) is 0 Å². The lowest BCUT2D eigenvalue weighted by Crippen LogP contribution is -1.97. The second kappa shape index (κ2) is 4.62. The van der Waals surface area contributed by atoms with E-state index >= 15 is 0 Å². The minimum absolute atomic E-state index is 0.678. The van der Waals surface area contributed by atoms with E-state index < -0.39 is 0 Å². The molecule has 0 atom stereocenters. The predicted octanol–water partition coefficient (Wildman–Crippen LogP) is 1.08. The normalized spacial score (nSPS) is 8.67. The first kappa shape index (κ1) is 10.8. The Balaban J connectivity index is 0.000000561. The Morgan fingerprint density at radius 3 is 2.00 bits per heavy atom. The largest absolute Gasteiger partial charge is 0.400 e. The molecule has 1 aromatic carbocycles. The Bertz CT molecular complexity index is 236. The van der Waals surface area contributed by atoms with Gasteiger partial charge in [-0.2, -0.15) is 0 Å². The van der Waals surface area contributed by atoms with Gasteiger partial charge in [-0.1, -0.05) is 6.07 Å². The molecule has 1 rings (SSSR count). The average Bonchev–Trinajstić information content (AvgIpc) is 2.04. The number of hydrogen-bond donors (Lipinski definition) is 3. The highest BCUT2D eigenvalue weighted by Gasteiger charge is 1.97. The second-order valence-electron chi connectivity index (χ2n) is 2.58. The van der Waals surface area contributed by atoms with Crippen LogP contribution in [0.5, 0.6) is 0 Å². The minimum Gasteiger partial charge on any atom is -0.400 e. The van der Waals surface area contributed by atoms with Crippen LogP contribution < -0.4 is 11.5 Å². The van der Waals surface area contributed by atoms with Gasteiger partial charge in [-0.05, 0) is 31.0 Å². The predicted molar refractivity (Wildman–Crippen MR) is 52.9 cm³/mol. The van der Waals surface area contributed by atoms with Crippen molar-refractivity contribution in [3.05, 3.63) is 23.3 Å². The lowest BCUT2D eigenvalue weighted by atomic mass is 10.1. The van der Waals surface area contributed by atoms with Gasteiger partial charge in [0.2, 0.25) is 0 Å². The third-order valence-electron chi connectivity index (χ3n) is 1.56. The summed E-state index contributed by atoms with van der Waals surface area (Å²) in [6.07, 6.45) is 0. The highest BCUT2D eigenvalue weighted by molar-refractivity contribution is 5.68. The van der Waals surface area contributed by atoms with E-state index in [4.69, 9.17) is 16.6 Å². The van der Waals surface area contributed by atoms with Crippen LogP contribution >= 0.6 is 0 Å². The minimum atomic E-state index is 0.678. The van der Waals surface area contributed by atoms with Crippen molar-refractivity contribution in [2.24, 2.45) is 0 Å².